The Morgan fingerprint density at radius 3 is 2.61 bits per heavy atom. The number of ether oxygens (including phenoxy) is 1. The van der Waals surface area contributed by atoms with Gasteiger partial charge < -0.3 is 10.1 Å². The van der Waals surface area contributed by atoms with Crippen molar-refractivity contribution < 1.29 is 14.3 Å². The van der Waals surface area contributed by atoms with Crippen LogP contribution in [-0.4, -0.2) is 28.3 Å². The molecule has 0 radical (unpaired) electrons. The van der Waals surface area contributed by atoms with E-state index in [-0.39, 0.29) is 28.3 Å². The summed E-state index contributed by atoms with van der Waals surface area (Å²) in [6.45, 7) is 3.87. The normalized spacial score (nSPS) is 10.9. The standard InChI is InChI=1S/C24H20ClN3O4S/c1-4-32-24(31)19-17(14-7-5-13(2)6-8-14)12-33-23(19)26-22(30)20-21(29)16-11-15(25)9-10-18(16)28(3)27-20/h5-12H,4H2,1-3H3,(H,26,30). The van der Waals surface area contributed by atoms with Crippen molar-refractivity contribution in [1.29, 1.82) is 0 Å². The number of rotatable bonds is 5. The molecule has 0 saturated heterocycles. The molecule has 1 amide bonds. The van der Waals surface area contributed by atoms with E-state index in [4.69, 9.17) is 16.3 Å². The highest BCUT2D eigenvalue weighted by atomic mass is 35.5. The number of amides is 1. The maximum absolute atomic E-state index is 13.1. The number of aromatic nitrogens is 2. The Morgan fingerprint density at radius 2 is 1.91 bits per heavy atom. The molecule has 2 heterocycles. The lowest BCUT2D eigenvalue weighted by molar-refractivity contribution is 0.0529. The number of benzene rings is 2. The third-order valence-electron chi connectivity index (χ3n) is 5.09. The number of halogens is 1. The van der Waals surface area contributed by atoms with E-state index in [9.17, 15) is 14.4 Å². The third-order valence-corrected chi connectivity index (χ3v) is 6.22. The van der Waals surface area contributed by atoms with Crippen LogP contribution in [0.3, 0.4) is 0 Å². The zero-order valence-electron chi connectivity index (χ0n) is 18.1. The highest BCUT2D eigenvalue weighted by Gasteiger charge is 2.25. The van der Waals surface area contributed by atoms with E-state index >= 15 is 0 Å². The van der Waals surface area contributed by atoms with E-state index in [0.29, 0.717) is 16.1 Å². The number of thiophene rings is 1. The zero-order chi connectivity index (χ0) is 23.7. The molecule has 7 nitrogen and oxygen atoms in total. The Kier molecular flexibility index (Phi) is 6.31. The van der Waals surface area contributed by atoms with Crippen LogP contribution in [0.1, 0.15) is 33.3 Å². The van der Waals surface area contributed by atoms with Gasteiger partial charge in [-0.05, 0) is 37.6 Å². The van der Waals surface area contributed by atoms with Crippen LogP contribution in [0.15, 0.2) is 52.6 Å². The van der Waals surface area contributed by atoms with E-state index in [1.807, 2.05) is 31.2 Å². The van der Waals surface area contributed by atoms with Gasteiger partial charge in [-0.2, -0.15) is 5.10 Å². The van der Waals surface area contributed by atoms with Crippen LogP contribution in [0.4, 0.5) is 5.00 Å². The van der Waals surface area contributed by atoms with Gasteiger partial charge in [0.1, 0.15) is 10.6 Å². The minimum absolute atomic E-state index is 0.183. The SMILES string of the molecule is CCOC(=O)c1c(-c2ccc(C)cc2)csc1NC(=O)c1nn(C)c2ccc(Cl)cc2c1=O. The summed E-state index contributed by atoms with van der Waals surface area (Å²) in [6.07, 6.45) is 0. The first-order valence-electron chi connectivity index (χ1n) is 10.1. The molecule has 0 aliphatic carbocycles. The average Bonchev–Trinajstić information content (AvgIpc) is 3.20. The van der Waals surface area contributed by atoms with Crippen molar-refractivity contribution in [3.63, 3.8) is 0 Å². The number of carbonyl (C=O) groups is 2. The van der Waals surface area contributed by atoms with Gasteiger partial charge in [0.2, 0.25) is 5.43 Å². The maximum atomic E-state index is 13.1. The van der Waals surface area contributed by atoms with E-state index in [1.165, 1.54) is 22.1 Å². The van der Waals surface area contributed by atoms with Crippen LogP contribution in [0.5, 0.6) is 0 Å². The Labute approximate surface area is 198 Å². The number of fused-ring (bicyclic) bond motifs is 1. The predicted molar refractivity (Wildman–Crippen MR) is 130 cm³/mol. The number of nitrogens with one attached hydrogen (secondary N) is 1. The Hall–Kier alpha value is -3.49. The molecule has 0 aliphatic heterocycles. The molecule has 0 saturated carbocycles. The van der Waals surface area contributed by atoms with Crippen molar-refractivity contribution in [3.8, 4) is 11.1 Å². The zero-order valence-corrected chi connectivity index (χ0v) is 19.7. The molecular formula is C24H20ClN3O4S. The fraction of sp³-hybridized carbons (Fsp3) is 0.167. The second-order valence-corrected chi connectivity index (χ2v) is 8.67. The highest BCUT2D eigenvalue weighted by Crippen LogP contribution is 2.36. The number of hydrogen-bond acceptors (Lipinski definition) is 6. The second kappa shape index (κ2) is 9.17. The number of aryl methyl sites for hydroxylation is 2. The summed E-state index contributed by atoms with van der Waals surface area (Å²) in [5.74, 6) is -1.28. The molecular weight excluding hydrogens is 462 g/mol. The smallest absolute Gasteiger partial charge is 0.341 e. The van der Waals surface area contributed by atoms with Crippen LogP contribution in [0.25, 0.3) is 22.0 Å². The van der Waals surface area contributed by atoms with Crippen molar-refractivity contribution in [2.24, 2.45) is 7.05 Å². The topological polar surface area (TPSA) is 90.3 Å². The quantitative estimate of drug-likeness (QED) is 0.403. The minimum atomic E-state index is -0.722. The van der Waals surface area contributed by atoms with Gasteiger partial charge in [-0.15, -0.1) is 11.3 Å². The molecule has 0 bridgehead atoms. The van der Waals surface area contributed by atoms with Gasteiger partial charge in [0, 0.05) is 23.0 Å². The van der Waals surface area contributed by atoms with E-state index in [1.54, 1.807) is 31.5 Å². The van der Waals surface area contributed by atoms with Crippen LogP contribution in [0, 0.1) is 6.92 Å². The molecule has 9 heteroatoms. The van der Waals surface area contributed by atoms with Crippen molar-refractivity contribution in [2.45, 2.75) is 13.8 Å². The van der Waals surface area contributed by atoms with E-state index in [0.717, 1.165) is 11.1 Å². The summed E-state index contributed by atoms with van der Waals surface area (Å²) in [5, 5.41) is 9.55. The third kappa shape index (κ3) is 4.40. The van der Waals surface area contributed by atoms with Gasteiger partial charge in [0.25, 0.3) is 5.91 Å². The molecule has 0 atom stereocenters. The fourth-order valence-corrected chi connectivity index (χ4v) is 4.59. The number of carbonyl (C=O) groups excluding carboxylic acids is 2. The second-order valence-electron chi connectivity index (χ2n) is 7.36. The number of nitrogens with zero attached hydrogens (tertiary/aromatic N) is 2. The molecule has 0 unspecified atom stereocenters. The maximum Gasteiger partial charge on any atom is 0.341 e. The molecule has 33 heavy (non-hydrogen) atoms. The largest absolute Gasteiger partial charge is 0.462 e. The van der Waals surface area contributed by atoms with Gasteiger partial charge in [0.15, 0.2) is 5.69 Å². The van der Waals surface area contributed by atoms with Crippen LogP contribution < -0.4 is 10.7 Å². The molecule has 2 aromatic carbocycles. The summed E-state index contributed by atoms with van der Waals surface area (Å²) in [5.41, 5.74) is 2.47. The summed E-state index contributed by atoms with van der Waals surface area (Å²) in [7, 11) is 1.64. The fourth-order valence-electron chi connectivity index (χ4n) is 3.46. The molecule has 2 aromatic heterocycles. The Bertz CT molecular complexity index is 1440. The minimum Gasteiger partial charge on any atom is -0.462 e. The molecule has 0 fully saturated rings. The first-order chi connectivity index (χ1) is 15.8. The average molecular weight is 482 g/mol. The van der Waals surface area contributed by atoms with Crippen molar-refractivity contribution in [3.05, 3.63) is 79.9 Å². The lowest BCUT2D eigenvalue weighted by Gasteiger charge is -2.10. The van der Waals surface area contributed by atoms with Crippen molar-refractivity contribution in [1.82, 2.24) is 9.78 Å². The first-order valence-corrected chi connectivity index (χ1v) is 11.4. The van der Waals surface area contributed by atoms with Gasteiger partial charge in [-0.3, -0.25) is 14.3 Å². The Morgan fingerprint density at radius 1 is 1.18 bits per heavy atom. The van der Waals surface area contributed by atoms with E-state index in [2.05, 4.69) is 10.4 Å². The molecule has 4 rings (SSSR count). The van der Waals surface area contributed by atoms with Crippen LogP contribution in [-0.2, 0) is 11.8 Å². The Balaban J connectivity index is 1.77. The summed E-state index contributed by atoms with van der Waals surface area (Å²) in [4.78, 5) is 38.8. The molecule has 1 N–H and O–H groups in total. The molecule has 168 valence electrons. The van der Waals surface area contributed by atoms with Crippen LogP contribution >= 0.6 is 22.9 Å². The lowest BCUT2D eigenvalue weighted by Crippen LogP contribution is -2.26. The predicted octanol–water partition coefficient (Wildman–Crippen LogP) is 5.05. The van der Waals surface area contributed by atoms with Crippen molar-refractivity contribution in [2.75, 3.05) is 11.9 Å². The molecule has 0 spiro atoms. The van der Waals surface area contributed by atoms with Crippen LogP contribution in [0.2, 0.25) is 5.02 Å². The van der Waals surface area contributed by atoms with Crippen molar-refractivity contribution >= 4 is 50.7 Å². The van der Waals surface area contributed by atoms with E-state index < -0.39 is 17.3 Å². The van der Waals surface area contributed by atoms with Gasteiger partial charge in [-0.25, -0.2) is 4.79 Å². The number of esters is 1. The monoisotopic (exact) mass is 481 g/mol. The summed E-state index contributed by atoms with van der Waals surface area (Å²) >= 11 is 7.22. The number of anilines is 1. The molecule has 4 aromatic rings. The van der Waals surface area contributed by atoms with Gasteiger partial charge in [-0.1, -0.05) is 41.4 Å². The first kappa shape index (κ1) is 22.7. The van der Waals surface area contributed by atoms with Gasteiger partial charge >= 0.3 is 5.97 Å². The summed E-state index contributed by atoms with van der Waals surface area (Å²) < 4.78 is 6.68. The molecule has 0 aliphatic rings. The summed E-state index contributed by atoms with van der Waals surface area (Å²) in [6, 6.07) is 12.5. The number of hydrogen-bond donors (Lipinski definition) is 1. The van der Waals surface area contributed by atoms with Gasteiger partial charge in [0.05, 0.1) is 17.5 Å². The highest BCUT2D eigenvalue weighted by molar-refractivity contribution is 7.15. The lowest BCUT2D eigenvalue weighted by atomic mass is 10.0.